The monoisotopic (exact) mass is 1110 g/mol. The van der Waals surface area contributed by atoms with Crippen LogP contribution >= 0.6 is 0 Å². The fourth-order valence-corrected chi connectivity index (χ4v) is 10.6. The molecule has 0 saturated carbocycles. The van der Waals surface area contributed by atoms with Gasteiger partial charge in [-0.1, -0.05) is 27.0 Å². The van der Waals surface area contributed by atoms with Crippen molar-refractivity contribution in [2.45, 2.75) is 115 Å². The van der Waals surface area contributed by atoms with Crippen molar-refractivity contribution in [3.05, 3.63) is 129 Å². The zero-order valence-electron chi connectivity index (χ0n) is 41.8. The van der Waals surface area contributed by atoms with Gasteiger partial charge in [0.05, 0.1) is 17.4 Å². The predicted molar refractivity (Wildman–Crippen MR) is 272 cm³/mol. The summed E-state index contributed by atoms with van der Waals surface area (Å²) in [4.78, 5) is 101. The van der Waals surface area contributed by atoms with E-state index < -0.39 is 113 Å². The summed E-state index contributed by atoms with van der Waals surface area (Å²) in [6.07, 6.45) is 1.78. The number of fused-ring (bicyclic) bond motifs is 4. The Morgan fingerprint density at radius 1 is 0.620 bits per heavy atom. The van der Waals surface area contributed by atoms with E-state index in [0.29, 0.717) is 51.8 Å². The van der Waals surface area contributed by atoms with Gasteiger partial charge in [0.25, 0.3) is 11.8 Å². The molecule has 4 aromatic rings. The molecular weight excluding hydrogens is 1050 g/mol. The van der Waals surface area contributed by atoms with Crippen molar-refractivity contribution in [1.82, 2.24) is 30.7 Å². The molecule has 2 aliphatic carbocycles. The van der Waals surface area contributed by atoms with Gasteiger partial charge >= 0.3 is 30.2 Å². The number of urea groups is 2. The molecule has 4 fully saturated rings. The van der Waals surface area contributed by atoms with E-state index in [2.05, 4.69) is 33.5 Å². The number of anilines is 2. The third-order valence-electron chi connectivity index (χ3n) is 14.4. The minimum absolute atomic E-state index is 0. The maximum atomic E-state index is 14.8. The van der Waals surface area contributed by atoms with Crippen molar-refractivity contribution in [2.24, 2.45) is 0 Å². The highest BCUT2D eigenvalue weighted by molar-refractivity contribution is 6.07. The number of carboxylic acid groups (broad SMARTS) is 1. The number of rotatable bonds is 8. The largest absolute Gasteiger partial charge is 0.480 e. The Bertz CT molecular complexity index is 3110. The zero-order valence-corrected chi connectivity index (χ0v) is 41.8. The Labute approximate surface area is 450 Å². The molecule has 6 aliphatic rings. The van der Waals surface area contributed by atoms with Gasteiger partial charge in [-0.25, -0.2) is 55.3 Å². The van der Waals surface area contributed by atoms with Gasteiger partial charge in [-0.2, -0.15) is 0 Å². The van der Waals surface area contributed by atoms with Crippen LogP contribution in [0.25, 0.3) is 0 Å². The number of ether oxygens (including phenoxy) is 2. The smallest absolute Gasteiger partial charge is 0.418 e. The van der Waals surface area contributed by atoms with Crippen molar-refractivity contribution in [2.75, 3.05) is 37.8 Å². The van der Waals surface area contributed by atoms with Crippen LogP contribution in [-0.2, 0) is 52.7 Å². The second kappa shape index (κ2) is 23.8. The number of carboxylic acids is 1. The predicted octanol–water partition coefficient (Wildman–Crippen LogP) is 8.56. The van der Waals surface area contributed by atoms with Crippen LogP contribution in [0.2, 0.25) is 0 Å². The number of nitrogens with one attached hydrogen (secondary N) is 5. The highest BCUT2D eigenvalue weighted by Gasteiger charge is 2.60. The van der Waals surface area contributed by atoms with Crippen molar-refractivity contribution in [3.63, 3.8) is 0 Å². The molecule has 0 bridgehead atoms. The summed E-state index contributed by atoms with van der Waals surface area (Å²) in [6.45, 7) is 2.45. The van der Waals surface area contributed by atoms with Crippen molar-refractivity contribution in [1.29, 1.82) is 0 Å². The van der Waals surface area contributed by atoms with Crippen molar-refractivity contribution in [3.8, 4) is 0 Å². The van der Waals surface area contributed by atoms with E-state index in [9.17, 15) is 64.7 Å². The summed E-state index contributed by atoms with van der Waals surface area (Å²) in [6, 6.07) is 11.0. The number of hydrogen-bond donors (Lipinski definition) is 6. The summed E-state index contributed by atoms with van der Waals surface area (Å²) in [7, 11) is 2.76. The molecule has 9 amide bonds. The van der Waals surface area contributed by atoms with Crippen LogP contribution in [0.3, 0.4) is 0 Å². The lowest BCUT2D eigenvalue weighted by Crippen LogP contribution is -2.46. The van der Waals surface area contributed by atoms with Crippen LogP contribution in [0, 0.1) is 34.9 Å². The van der Waals surface area contributed by atoms with E-state index >= 15 is 0 Å². The number of imide groups is 2. The molecule has 19 nitrogen and oxygen atoms in total. The molecule has 4 saturated heterocycles. The highest BCUT2D eigenvalue weighted by Crippen LogP contribution is 2.48. The molecule has 0 aromatic heterocycles. The van der Waals surface area contributed by atoms with Crippen LogP contribution in [-0.4, -0.2) is 107 Å². The fourth-order valence-electron chi connectivity index (χ4n) is 10.6. The second-order valence-electron chi connectivity index (χ2n) is 19.2. The van der Waals surface area contributed by atoms with Crippen LogP contribution in [0.4, 0.5) is 56.9 Å². The number of likely N-dealkylation sites (tertiary alicyclic amines) is 1. The maximum absolute atomic E-state index is 14.8. The van der Waals surface area contributed by atoms with Crippen LogP contribution < -0.4 is 26.6 Å². The normalized spacial score (nSPS) is 23.1. The van der Waals surface area contributed by atoms with E-state index in [4.69, 9.17) is 14.6 Å². The number of nitrogens with zero attached hydrogens (tertiary/aromatic N) is 3. The van der Waals surface area contributed by atoms with E-state index in [0.717, 1.165) is 42.7 Å². The number of halogens is 6. The SMILES string of the molecule is C.C.CNC(=O)Nc1cc2c(cc1F)[C@]1(CC2)OC(=O)N(CC(=O)N2[C@@H](C)CC[C@H]2c2ccc(F)c(F)c2)C1=O.CNC(=O)Nc1cc2c(cc1F)[C@]1(CC2)OC(=O)N(CC(=O)O)C1=O.C[C@H]1CC[C@@H](c2ccc(F)c(F)c2)N1. The molecule has 6 N–H and O–H groups in total. The number of aliphatic carboxylic acids is 1. The van der Waals surface area contributed by atoms with E-state index in [1.165, 1.54) is 49.3 Å². The number of amides is 9. The first-order chi connectivity index (χ1) is 36.5. The Morgan fingerprint density at radius 3 is 1.53 bits per heavy atom. The van der Waals surface area contributed by atoms with Gasteiger partial charge < -0.3 is 46.1 Å². The maximum Gasteiger partial charge on any atom is 0.418 e. The topological polar surface area (TPSA) is 245 Å². The highest BCUT2D eigenvalue weighted by atomic mass is 19.2. The summed E-state index contributed by atoms with van der Waals surface area (Å²) in [5, 5.41) is 21.4. The van der Waals surface area contributed by atoms with E-state index in [-0.39, 0.29) is 68.7 Å². The Morgan fingerprint density at radius 2 is 1.09 bits per heavy atom. The van der Waals surface area contributed by atoms with Crippen LogP contribution in [0.15, 0.2) is 60.7 Å². The fraction of sp³-hybridized carbons (Fsp3) is 0.407. The average molecular weight is 1110 g/mol. The lowest BCUT2D eigenvalue weighted by Gasteiger charge is -2.30. The first kappa shape index (κ1) is 60.0. The number of aryl methyl sites for hydroxylation is 2. The van der Waals surface area contributed by atoms with Gasteiger partial charge in [-0.3, -0.25) is 19.2 Å². The minimum atomic E-state index is -1.77. The van der Waals surface area contributed by atoms with Gasteiger partial charge in [0, 0.05) is 56.2 Å². The molecule has 4 aromatic carbocycles. The molecule has 79 heavy (non-hydrogen) atoms. The molecule has 2 spiro atoms. The summed E-state index contributed by atoms with van der Waals surface area (Å²) in [5.74, 6) is -8.71. The summed E-state index contributed by atoms with van der Waals surface area (Å²) in [5.41, 5.74) is -1.00. The lowest BCUT2D eigenvalue weighted by molar-refractivity contribution is -0.144. The second-order valence-corrected chi connectivity index (χ2v) is 19.2. The molecule has 4 heterocycles. The van der Waals surface area contributed by atoms with Gasteiger partial charge in [0.2, 0.25) is 17.1 Å². The van der Waals surface area contributed by atoms with E-state index in [1.807, 2.05) is 0 Å². The quantitative estimate of drug-likeness (QED) is 0.0909. The number of carbonyl (C=O) groups excluding carboxylic acids is 7. The van der Waals surface area contributed by atoms with E-state index in [1.54, 1.807) is 13.0 Å². The summed E-state index contributed by atoms with van der Waals surface area (Å²) >= 11 is 0. The molecule has 424 valence electrons. The van der Waals surface area contributed by atoms with Gasteiger partial charge in [0.15, 0.2) is 23.3 Å². The third-order valence-corrected chi connectivity index (χ3v) is 14.4. The summed E-state index contributed by atoms with van der Waals surface area (Å²) < 4.78 is 92.7. The number of carbonyl (C=O) groups is 8. The Hall–Kier alpha value is -8.22. The molecule has 4 aliphatic heterocycles. The number of benzene rings is 4. The lowest BCUT2D eigenvalue weighted by atomic mass is 9.94. The third kappa shape index (κ3) is 11.7. The van der Waals surface area contributed by atoms with Crippen LogP contribution in [0.1, 0.15) is 113 Å². The molecule has 0 radical (unpaired) electrons. The Kier molecular flexibility index (Phi) is 18.1. The molecular formula is C54H60F6N8O11. The van der Waals surface area contributed by atoms with Crippen LogP contribution in [0.5, 0.6) is 0 Å². The van der Waals surface area contributed by atoms with Crippen molar-refractivity contribution >= 4 is 59.3 Å². The minimum Gasteiger partial charge on any atom is -0.480 e. The van der Waals surface area contributed by atoms with Gasteiger partial charge in [-0.15, -0.1) is 0 Å². The molecule has 10 rings (SSSR count). The average Bonchev–Trinajstić information content (AvgIpc) is 4.45. The molecule has 25 heteroatoms. The van der Waals surface area contributed by atoms with Gasteiger partial charge in [-0.05, 0) is 123 Å². The number of hydrogen-bond acceptors (Lipinski definition) is 11. The molecule has 0 unspecified atom stereocenters. The van der Waals surface area contributed by atoms with Crippen molar-refractivity contribution < 1.29 is 79.3 Å². The first-order valence-electron chi connectivity index (χ1n) is 24.4. The Balaban J connectivity index is 0.000000211. The standard InChI is InChI=1S/C26H25F3N4O5.C15H14FN3O6.C11H13F2N.2CH4/c1-13-3-6-21(15-4-5-17(27)18(28)9-15)33(13)22(34)12-32-23(35)26(38-25(32)37)8-7-14-10-20(31-24(36)30-2)19(29)11-16(14)26;1-17-13(23)18-10-4-7-2-3-15(8(7)5-9(10)16)12(22)19(6-11(20)21)14(24)25-15;1-7-2-5-11(14-7)8-3-4-9(12)10(13)6-8;;/h4-5,9-11,13,21H,3,6-8,12H2,1-2H3,(H2,30,31,36);4-5H,2-3,6H2,1H3,(H,20,21)(H2,17,18,23);3-4,6-7,11,14H,2,5H2,1H3;2*1H4/t13-,21-,26-;15-;7-,11-;;/m000../s1. The molecule has 6 atom stereocenters. The first-order valence-corrected chi connectivity index (χ1v) is 24.4. The zero-order chi connectivity index (χ0) is 55.8. The van der Waals surface area contributed by atoms with Gasteiger partial charge in [0.1, 0.15) is 24.7 Å².